The summed E-state index contributed by atoms with van der Waals surface area (Å²) in [6, 6.07) is 11.2. The zero-order valence-corrected chi connectivity index (χ0v) is 10.7. The lowest BCUT2D eigenvalue weighted by Gasteiger charge is -2.05. The second kappa shape index (κ2) is 6.03. The van der Waals surface area contributed by atoms with Crippen molar-refractivity contribution in [2.45, 2.75) is 0 Å². The molecule has 2 rings (SSSR count). The summed E-state index contributed by atoms with van der Waals surface area (Å²) in [5, 5.41) is 11.0. The molecule has 0 radical (unpaired) electrons. The number of rotatable bonds is 3. The normalized spacial score (nSPS) is 9.85. The Balaban J connectivity index is 1.97. The Morgan fingerprint density at radius 3 is 1.85 bits per heavy atom. The molecule has 0 amide bonds. The summed E-state index contributed by atoms with van der Waals surface area (Å²) in [4.78, 5) is 21.4. The van der Waals surface area contributed by atoms with Gasteiger partial charge in [-0.15, -0.1) is 0 Å². The van der Waals surface area contributed by atoms with Crippen molar-refractivity contribution >= 4 is 23.4 Å². The average molecular weight is 294 g/mol. The van der Waals surface area contributed by atoms with Crippen molar-refractivity contribution in [3.05, 3.63) is 63.7 Å². The summed E-state index contributed by atoms with van der Waals surface area (Å²) >= 11 is 5.69. The topological polar surface area (TPSA) is 78.7 Å². The molecule has 20 heavy (non-hydrogen) atoms. The van der Waals surface area contributed by atoms with Crippen LogP contribution in [-0.4, -0.2) is 11.1 Å². The van der Waals surface area contributed by atoms with E-state index >= 15 is 0 Å². The van der Waals surface area contributed by atoms with Crippen molar-refractivity contribution in [3.63, 3.8) is 0 Å². The van der Waals surface area contributed by atoms with Gasteiger partial charge in [-0.1, -0.05) is 11.6 Å². The first-order valence-corrected chi connectivity index (χ1v) is 5.82. The first kappa shape index (κ1) is 13.8. The van der Waals surface area contributed by atoms with E-state index in [0.29, 0.717) is 5.02 Å². The second-order valence-corrected chi connectivity index (χ2v) is 4.10. The molecular formula is C13H8ClNO5. The minimum atomic E-state index is -0.943. The third kappa shape index (κ3) is 3.69. The monoisotopic (exact) mass is 293 g/mol. The molecule has 0 N–H and O–H groups in total. The number of carbonyl (C=O) groups is 1. The molecule has 0 heterocycles. The lowest BCUT2D eigenvalue weighted by Crippen LogP contribution is -2.13. The Hall–Kier alpha value is -2.60. The number of non-ortho nitro benzene ring substituents is 1. The fraction of sp³-hybridized carbons (Fsp3) is 0. The zero-order chi connectivity index (χ0) is 14.5. The van der Waals surface area contributed by atoms with Crippen LogP contribution >= 0.6 is 11.6 Å². The van der Waals surface area contributed by atoms with E-state index in [1.807, 2.05) is 0 Å². The van der Waals surface area contributed by atoms with Crippen LogP contribution in [-0.2, 0) is 0 Å². The van der Waals surface area contributed by atoms with Crippen LogP contribution in [0.4, 0.5) is 10.5 Å². The summed E-state index contributed by atoms with van der Waals surface area (Å²) in [6.45, 7) is 0. The van der Waals surface area contributed by atoms with E-state index in [9.17, 15) is 14.9 Å². The molecular weight excluding hydrogens is 286 g/mol. The smallest absolute Gasteiger partial charge is 0.395 e. The van der Waals surface area contributed by atoms with Crippen molar-refractivity contribution in [2.24, 2.45) is 0 Å². The molecule has 0 aliphatic heterocycles. The van der Waals surface area contributed by atoms with Crippen molar-refractivity contribution < 1.29 is 19.2 Å². The van der Waals surface area contributed by atoms with Gasteiger partial charge in [0.1, 0.15) is 11.5 Å². The van der Waals surface area contributed by atoms with Gasteiger partial charge >= 0.3 is 6.16 Å². The van der Waals surface area contributed by atoms with Crippen LogP contribution in [0.3, 0.4) is 0 Å². The lowest BCUT2D eigenvalue weighted by atomic mass is 10.3. The Morgan fingerprint density at radius 1 is 0.950 bits per heavy atom. The molecule has 0 atom stereocenters. The van der Waals surface area contributed by atoms with Gasteiger partial charge in [0, 0.05) is 17.2 Å². The number of benzene rings is 2. The van der Waals surface area contributed by atoms with E-state index < -0.39 is 11.1 Å². The van der Waals surface area contributed by atoms with Gasteiger partial charge in [0.25, 0.3) is 5.69 Å². The molecule has 0 aliphatic rings. The van der Waals surface area contributed by atoms with Gasteiger partial charge in [-0.2, -0.15) is 0 Å². The molecule has 0 fully saturated rings. The van der Waals surface area contributed by atoms with Crippen molar-refractivity contribution in [1.29, 1.82) is 0 Å². The number of carbonyl (C=O) groups excluding carboxylic acids is 1. The van der Waals surface area contributed by atoms with Gasteiger partial charge in [-0.25, -0.2) is 4.79 Å². The highest BCUT2D eigenvalue weighted by Crippen LogP contribution is 2.19. The average Bonchev–Trinajstić information content (AvgIpc) is 2.42. The van der Waals surface area contributed by atoms with Crippen LogP contribution in [0.1, 0.15) is 0 Å². The van der Waals surface area contributed by atoms with E-state index in [0.717, 1.165) is 0 Å². The number of hydrogen-bond donors (Lipinski definition) is 0. The molecule has 0 bridgehead atoms. The molecule has 102 valence electrons. The van der Waals surface area contributed by atoms with E-state index in [2.05, 4.69) is 0 Å². The molecule has 2 aromatic carbocycles. The lowest BCUT2D eigenvalue weighted by molar-refractivity contribution is -0.384. The van der Waals surface area contributed by atoms with Crippen LogP contribution in [0, 0.1) is 10.1 Å². The van der Waals surface area contributed by atoms with Gasteiger partial charge in [0.15, 0.2) is 0 Å². The molecule has 6 nitrogen and oxygen atoms in total. The summed E-state index contributed by atoms with van der Waals surface area (Å²) in [6.07, 6.45) is -0.943. The van der Waals surface area contributed by atoms with Gasteiger partial charge in [0.05, 0.1) is 4.92 Å². The Kier molecular flexibility index (Phi) is 4.17. The van der Waals surface area contributed by atoms with Gasteiger partial charge in [-0.3, -0.25) is 10.1 Å². The van der Waals surface area contributed by atoms with Crippen LogP contribution in [0.5, 0.6) is 11.5 Å². The summed E-state index contributed by atoms with van der Waals surface area (Å²) in [7, 11) is 0. The van der Waals surface area contributed by atoms with E-state index in [4.69, 9.17) is 21.1 Å². The summed E-state index contributed by atoms with van der Waals surface area (Å²) in [5.41, 5.74) is -0.0941. The highest BCUT2D eigenvalue weighted by Gasteiger charge is 2.10. The fourth-order valence-electron chi connectivity index (χ4n) is 1.35. The molecule has 0 spiro atoms. The van der Waals surface area contributed by atoms with Gasteiger partial charge in [-0.05, 0) is 36.4 Å². The fourth-order valence-corrected chi connectivity index (χ4v) is 1.48. The number of nitrogens with zero attached hydrogens (tertiary/aromatic N) is 1. The molecule has 7 heteroatoms. The first-order valence-electron chi connectivity index (χ1n) is 5.44. The Bertz CT molecular complexity index is 624. The predicted octanol–water partition coefficient (Wildman–Crippen LogP) is 3.83. The highest BCUT2D eigenvalue weighted by molar-refractivity contribution is 6.30. The Labute approximate surface area is 118 Å². The summed E-state index contributed by atoms with van der Waals surface area (Å²) < 4.78 is 9.76. The number of ether oxygens (including phenoxy) is 2. The van der Waals surface area contributed by atoms with Gasteiger partial charge < -0.3 is 9.47 Å². The highest BCUT2D eigenvalue weighted by atomic mass is 35.5. The second-order valence-electron chi connectivity index (χ2n) is 3.66. The minimum absolute atomic E-state index is 0.0941. The van der Waals surface area contributed by atoms with Crippen LogP contribution in [0.15, 0.2) is 48.5 Å². The molecule has 2 aromatic rings. The largest absolute Gasteiger partial charge is 0.519 e. The number of hydrogen-bond acceptors (Lipinski definition) is 5. The zero-order valence-electron chi connectivity index (χ0n) is 9.99. The van der Waals surface area contributed by atoms with Crippen LogP contribution < -0.4 is 9.47 Å². The molecule has 0 aromatic heterocycles. The first-order chi connectivity index (χ1) is 9.54. The molecule has 0 saturated heterocycles. The van der Waals surface area contributed by atoms with E-state index in [-0.39, 0.29) is 17.2 Å². The van der Waals surface area contributed by atoms with Gasteiger partial charge in [0.2, 0.25) is 0 Å². The maximum atomic E-state index is 11.5. The minimum Gasteiger partial charge on any atom is -0.395 e. The van der Waals surface area contributed by atoms with Crippen molar-refractivity contribution in [3.8, 4) is 11.5 Å². The van der Waals surface area contributed by atoms with Crippen molar-refractivity contribution in [1.82, 2.24) is 0 Å². The maximum Gasteiger partial charge on any atom is 0.519 e. The SMILES string of the molecule is O=C(Oc1ccc(Cl)cc1)Oc1ccc([N+](=O)[O-])cc1. The predicted molar refractivity (Wildman–Crippen MR) is 71.2 cm³/mol. The van der Waals surface area contributed by atoms with E-state index in [1.54, 1.807) is 12.1 Å². The third-order valence-electron chi connectivity index (χ3n) is 2.26. The number of nitro benzene ring substituents is 1. The number of nitro groups is 1. The van der Waals surface area contributed by atoms with Crippen molar-refractivity contribution in [2.75, 3.05) is 0 Å². The molecule has 0 unspecified atom stereocenters. The number of halogens is 1. The van der Waals surface area contributed by atoms with Crippen LogP contribution in [0.25, 0.3) is 0 Å². The standard InChI is InChI=1S/C13H8ClNO5/c14-9-1-5-11(6-2-9)19-13(16)20-12-7-3-10(4-8-12)15(17)18/h1-8H. The molecule has 0 aliphatic carbocycles. The molecule has 0 saturated carbocycles. The van der Waals surface area contributed by atoms with Crippen LogP contribution in [0.2, 0.25) is 5.02 Å². The third-order valence-corrected chi connectivity index (χ3v) is 2.52. The van der Waals surface area contributed by atoms with E-state index in [1.165, 1.54) is 36.4 Å². The summed E-state index contributed by atoms with van der Waals surface area (Å²) in [5.74, 6) is 0.427. The quantitative estimate of drug-likeness (QED) is 0.372. The Morgan fingerprint density at radius 2 is 1.40 bits per heavy atom. The maximum absolute atomic E-state index is 11.5.